The molecule has 7 nitrogen and oxygen atoms in total. The van der Waals surface area contributed by atoms with Crippen molar-refractivity contribution in [2.24, 2.45) is 0 Å². The van der Waals surface area contributed by atoms with E-state index >= 15 is 0 Å². The lowest BCUT2D eigenvalue weighted by Gasteiger charge is -2.16. The molecule has 1 atom stereocenters. The second-order valence-electron chi connectivity index (χ2n) is 6.41. The molecule has 0 saturated carbocycles. The van der Waals surface area contributed by atoms with Crippen LogP contribution in [0.2, 0.25) is 0 Å². The van der Waals surface area contributed by atoms with Crippen molar-refractivity contribution in [3.8, 4) is 11.4 Å². The molecule has 1 heterocycles. The van der Waals surface area contributed by atoms with E-state index in [-0.39, 0.29) is 5.91 Å². The summed E-state index contributed by atoms with van der Waals surface area (Å²) in [7, 11) is 0. The van der Waals surface area contributed by atoms with Gasteiger partial charge in [-0.15, -0.1) is 5.10 Å². The van der Waals surface area contributed by atoms with Gasteiger partial charge in [-0.25, -0.2) is 4.68 Å². The highest BCUT2D eigenvalue weighted by Gasteiger charge is 2.17. The summed E-state index contributed by atoms with van der Waals surface area (Å²) >= 11 is 1.60. The Morgan fingerprint density at radius 3 is 2.47 bits per heavy atom. The molecule has 30 heavy (non-hydrogen) atoms. The number of rotatable bonds is 7. The first-order valence-electron chi connectivity index (χ1n) is 9.32. The first-order valence-corrected chi connectivity index (χ1v) is 10.1. The normalized spacial score (nSPS) is 11.6. The Labute approximate surface area is 178 Å². The molecule has 0 aliphatic heterocycles. The Morgan fingerprint density at radius 2 is 1.73 bits per heavy atom. The first-order chi connectivity index (χ1) is 14.7. The summed E-state index contributed by atoms with van der Waals surface area (Å²) in [6, 6.07) is 24.9. The monoisotopic (exact) mass is 417 g/mol. The SMILES string of the molecule is CC(Oc1ccc(-n2cnnn2)cc1)C(=O)Nc1ccccc1Sc1ccccc1. The lowest BCUT2D eigenvalue weighted by atomic mass is 10.2. The molecule has 0 radical (unpaired) electrons. The van der Waals surface area contributed by atoms with E-state index in [0.29, 0.717) is 5.75 Å². The van der Waals surface area contributed by atoms with E-state index in [1.807, 2.05) is 66.7 Å². The fraction of sp³-hybridized carbons (Fsp3) is 0.0909. The van der Waals surface area contributed by atoms with E-state index < -0.39 is 6.10 Å². The van der Waals surface area contributed by atoms with Crippen molar-refractivity contribution >= 4 is 23.4 Å². The zero-order chi connectivity index (χ0) is 20.8. The largest absolute Gasteiger partial charge is 0.481 e. The van der Waals surface area contributed by atoms with Gasteiger partial charge in [0.25, 0.3) is 5.91 Å². The molecule has 0 spiro atoms. The van der Waals surface area contributed by atoms with Gasteiger partial charge in [-0.1, -0.05) is 42.1 Å². The predicted molar refractivity (Wildman–Crippen MR) is 115 cm³/mol. The lowest BCUT2D eigenvalue weighted by molar-refractivity contribution is -0.122. The number of tetrazole rings is 1. The second-order valence-corrected chi connectivity index (χ2v) is 7.52. The van der Waals surface area contributed by atoms with Gasteiger partial charge in [0.2, 0.25) is 0 Å². The van der Waals surface area contributed by atoms with Gasteiger partial charge in [0, 0.05) is 9.79 Å². The topological polar surface area (TPSA) is 81.9 Å². The van der Waals surface area contributed by atoms with E-state index in [4.69, 9.17) is 4.74 Å². The molecule has 1 amide bonds. The Kier molecular flexibility index (Phi) is 6.05. The maximum atomic E-state index is 12.7. The average molecular weight is 417 g/mol. The number of carbonyl (C=O) groups excluding carboxylic acids is 1. The van der Waals surface area contributed by atoms with E-state index in [1.165, 1.54) is 6.33 Å². The van der Waals surface area contributed by atoms with Gasteiger partial charge in [-0.05, 0) is 65.9 Å². The number of hydrogen-bond acceptors (Lipinski definition) is 6. The zero-order valence-corrected chi connectivity index (χ0v) is 17.0. The number of nitrogens with one attached hydrogen (secondary N) is 1. The third-order valence-electron chi connectivity index (χ3n) is 4.25. The zero-order valence-electron chi connectivity index (χ0n) is 16.2. The number of carbonyl (C=O) groups is 1. The van der Waals surface area contributed by atoms with Gasteiger partial charge in [0.05, 0.1) is 11.4 Å². The van der Waals surface area contributed by atoms with Gasteiger partial charge in [-0.3, -0.25) is 4.79 Å². The van der Waals surface area contributed by atoms with E-state index in [9.17, 15) is 4.79 Å². The van der Waals surface area contributed by atoms with E-state index in [2.05, 4.69) is 20.8 Å². The van der Waals surface area contributed by atoms with E-state index in [1.54, 1.807) is 35.5 Å². The maximum Gasteiger partial charge on any atom is 0.265 e. The molecule has 0 fully saturated rings. The Hall–Kier alpha value is -3.65. The Balaban J connectivity index is 1.40. The Bertz CT molecular complexity index is 1100. The fourth-order valence-corrected chi connectivity index (χ4v) is 3.65. The maximum absolute atomic E-state index is 12.7. The van der Waals surface area contributed by atoms with Gasteiger partial charge >= 0.3 is 0 Å². The minimum absolute atomic E-state index is 0.222. The minimum atomic E-state index is -0.668. The lowest BCUT2D eigenvalue weighted by Crippen LogP contribution is -2.30. The van der Waals surface area contributed by atoms with Crippen molar-refractivity contribution in [2.75, 3.05) is 5.32 Å². The molecule has 4 aromatic rings. The quantitative estimate of drug-likeness (QED) is 0.485. The molecule has 0 aliphatic carbocycles. The summed E-state index contributed by atoms with van der Waals surface area (Å²) in [4.78, 5) is 14.8. The van der Waals surface area contributed by atoms with E-state index in [0.717, 1.165) is 21.2 Å². The van der Waals surface area contributed by atoms with Crippen molar-refractivity contribution in [3.05, 3.63) is 85.2 Å². The molecule has 1 N–H and O–H groups in total. The number of para-hydroxylation sites is 1. The van der Waals surface area contributed by atoms with Crippen LogP contribution in [0.1, 0.15) is 6.92 Å². The summed E-state index contributed by atoms with van der Waals surface area (Å²) in [5.41, 5.74) is 1.55. The first kappa shape index (κ1) is 19.7. The van der Waals surface area contributed by atoms with Crippen LogP contribution >= 0.6 is 11.8 Å². The predicted octanol–water partition coefficient (Wildman–Crippen LogP) is 4.22. The number of nitrogens with zero attached hydrogens (tertiary/aromatic N) is 4. The average Bonchev–Trinajstić information content (AvgIpc) is 3.31. The molecule has 0 saturated heterocycles. The van der Waals surface area contributed by atoms with Gasteiger partial charge in [0.15, 0.2) is 6.10 Å². The summed E-state index contributed by atoms with van der Waals surface area (Å²) in [5.74, 6) is 0.363. The number of amides is 1. The number of hydrogen-bond donors (Lipinski definition) is 1. The van der Waals surface area contributed by atoms with Crippen LogP contribution in [0.5, 0.6) is 5.75 Å². The molecule has 8 heteroatoms. The molecule has 4 rings (SSSR count). The summed E-state index contributed by atoms with van der Waals surface area (Å²) < 4.78 is 7.34. The molecule has 3 aromatic carbocycles. The van der Waals surface area contributed by atoms with Crippen LogP contribution in [0.15, 0.2) is 95.0 Å². The van der Waals surface area contributed by atoms with Crippen LogP contribution in [0, 0.1) is 0 Å². The van der Waals surface area contributed by atoms with Crippen LogP contribution < -0.4 is 10.1 Å². The minimum Gasteiger partial charge on any atom is -0.481 e. The van der Waals surface area contributed by atoms with Crippen molar-refractivity contribution in [1.82, 2.24) is 20.2 Å². The third kappa shape index (κ3) is 4.84. The van der Waals surface area contributed by atoms with Crippen molar-refractivity contribution < 1.29 is 9.53 Å². The van der Waals surface area contributed by atoms with Gasteiger partial charge in [-0.2, -0.15) is 0 Å². The van der Waals surface area contributed by atoms with Crippen LogP contribution in [-0.4, -0.2) is 32.2 Å². The van der Waals surface area contributed by atoms with Crippen LogP contribution in [-0.2, 0) is 4.79 Å². The summed E-state index contributed by atoms with van der Waals surface area (Å²) in [6.45, 7) is 1.72. The second kappa shape index (κ2) is 9.23. The summed E-state index contributed by atoms with van der Waals surface area (Å²) in [5, 5.41) is 14.0. The van der Waals surface area contributed by atoms with Crippen molar-refractivity contribution in [1.29, 1.82) is 0 Å². The molecular formula is C22H19N5O2S. The molecule has 0 aliphatic rings. The van der Waals surface area contributed by atoms with Crippen LogP contribution in [0.3, 0.4) is 0 Å². The fourth-order valence-electron chi connectivity index (χ4n) is 2.72. The number of anilines is 1. The van der Waals surface area contributed by atoms with Crippen LogP contribution in [0.25, 0.3) is 5.69 Å². The summed E-state index contributed by atoms with van der Waals surface area (Å²) in [6.07, 6.45) is 0.843. The Morgan fingerprint density at radius 1 is 1.00 bits per heavy atom. The third-order valence-corrected chi connectivity index (χ3v) is 5.33. The number of benzene rings is 3. The van der Waals surface area contributed by atoms with Crippen LogP contribution in [0.4, 0.5) is 5.69 Å². The highest BCUT2D eigenvalue weighted by atomic mass is 32.2. The van der Waals surface area contributed by atoms with Gasteiger partial charge < -0.3 is 10.1 Å². The smallest absolute Gasteiger partial charge is 0.265 e. The molecule has 1 unspecified atom stereocenters. The molecular weight excluding hydrogens is 398 g/mol. The molecule has 150 valence electrons. The molecule has 1 aromatic heterocycles. The molecule has 0 bridgehead atoms. The van der Waals surface area contributed by atoms with Crippen molar-refractivity contribution in [3.63, 3.8) is 0 Å². The highest BCUT2D eigenvalue weighted by Crippen LogP contribution is 2.33. The highest BCUT2D eigenvalue weighted by molar-refractivity contribution is 7.99. The number of aromatic nitrogens is 4. The van der Waals surface area contributed by atoms with Gasteiger partial charge in [0.1, 0.15) is 12.1 Å². The number of ether oxygens (including phenoxy) is 1. The standard InChI is InChI=1S/C22H19N5O2S/c1-16(29-18-13-11-17(12-14-18)27-15-23-25-26-27)22(28)24-20-9-5-6-10-21(20)30-19-7-3-2-4-8-19/h2-16H,1H3,(H,24,28). The van der Waals surface area contributed by atoms with Crippen molar-refractivity contribution in [2.45, 2.75) is 22.8 Å².